The Morgan fingerprint density at radius 1 is 0.853 bits per heavy atom. The molecule has 6 rings (SSSR count). The zero-order valence-electron chi connectivity index (χ0n) is 18.7. The van der Waals surface area contributed by atoms with Crippen LogP contribution in [0.1, 0.15) is 18.0 Å². The number of fused-ring (bicyclic) bond motifs is 1. The van der Waals surface area contributed by atoms with Crippen molar-refractivity contribution in [2.45, 2.75) is 19.0 Å². The van der Waals surface area contributed by atoms with E-state index in [1.165, 1.54) is 5.56 Å². The third-order valence-corrected chi connectivity index (χ3v) is 6.49. The monoisotopic (exact) mass is 449 g/mol. The summed E-state index contributed by atoms with van der Waals surface area (Å²) in [5.74, 6) is 0. The average Bonchev–Trinajstić information content (AvgIpc) is 3.53. The van der Waals surface area contributed by atoms with Crippen molar-refractivity contribution in [1.29, 1.82) is 0 Å². The summed E-state index contributed by atoms with van der Waals surface area (Å²) in [6, 6.07) is 27.1. The summed E-state index contributed by atoms with van der Waals surface area (Å²) in [7, 11) is 0. The van der Waals surface area contributed by atoms with E-state index in [-0.39, 0.29) is 6.04 Å². The maximum atomic E-state index is 11.8. The van der Waals surface area contributed by atoms with Gasteiger partial charge in [0.1, 0.15) is 6.04 Å². The van der Waals surface area contributed by atoms with Gasteiger partial charge in [-0.05, 0) is 24.1 Å². The number of benzene rings is 3. The van der Waals surface area contributed by atoms with E-state index in [9.17, 15) is 4.91 Å². The predicted molar refractivity (Wildman–Crippen MR) is 131 cm³/mol. The van der Waals surface area contributed by atoms with Gasteiger partial charge in [0.05, 0.1) is 39.7 Å². The first kappa shape index (κ1) is 20.5. The summed E-state index contributed by atoms with van der Waals surface area (Å²) in [5, 5.41) is 2.65. The molecule has 1 fully saturated rings. The van der Waals surface area contributed by atoms with Gasteiger partial charge in [-0.1, -0.05) is 76.5 Å². The van der Waals surface area contributed by atoms with E-state index >= 15 is 0 Å². The number of nitrogens with one attached hydrogen (secondary N) is 1. The van der Waals surface area contributed by atoms with Crippen molar-refractivity contribution in [1.82, 2.24) is 24.6 Å². The number of nitrogens with zero attached hydrogens (tertiary/aromatic N) is 5. The molecule has 1 aliphatic heterocycles. The molecular formula is C27H25N6O+. The van der Waals surface area contributed by atoms with Crippen LogP contribution in [0.15, 0.2) is 91.3 Å². The fraction of sp³-hybridized carbons (Fsp3) is 0.185. The summed E-state index contributed by atoms with van der Waals surface area (Å²) in [6.07, 6.45) is 4.45. The van der Waals surface area contributed by atoms with Gasteiger partial charge in [0.2, 0.25) is 0 Å². The van der Waals surface area contributed by atoms with E-state index in [2.05, 4.69) is 46.4 Å². The molecule has 3 aromatic carbocycles. The molecule has 1 unspecified atom stereocenters. The lowest BCUT2D eigenvalue weighted by Crippen LogP contribution is -2.33. The van der Waals surface area contributed by atoms with Crippen molar-refractivity contribution < 1.29 is 4.66 Å². The molecular weight excluding hydrogens is 424 g/mol. The van der Waals surface area contributed by atoms with Crippen LogP contribution in [0.25, 0.3) is 33.5 Å². The molecule has 2 aromatic heterocycles. The number of rotatable bonds is 5. The first-order valence-corrected chi connectivity index (χ1v) is 11.6. The Balaban J connectivity index is 1.27. The molecule has 7 nitrogen and oxygen atoms in total. The van der Waals surface area contributed by atoms with Gasteiger partial charge in [-0.25, -0.2) is 9.97 Å². The van der Waals surface area contributed by atoms with Crippen LogP contribution in [0.2, 0.25) is 0 Å². The summed E-state index contributed by atoms with van der Waals surface area (Å²) in [4.78, 5) is 24.2. The molecule has 0 saturated carbocycles. The second-order valence-electron chi connectivity index (χ2n) is 8.75. The van der Waals surface area contributed by atoms with Crippen molar-refractivity contribution in [2.24, 2.45) is 0 Å². The topological polar surface area (TPSA) is 72.7 Å². The van der Waals surface area contributed by atoms with Crippen molar-refractivity contribution in [3.8, 4) is 22.5 Å². The SMILES string of the molecule is O=[n+]1[nH]ccn1C1CCN(Cc2ccc(-c3nc4ccccc4nc3-c3ccccc3)cc2)C1. The van der Waals surface area contributed by atoms with E-state index in [0.29, 0.717) is 0 Å². The maximum Gasteiger partial charge on any atom is 0.257 e. The predicted octanol–water partition coefficient (Wildman–Crippen LogP) is 4.45. The lowest BCUT2D eigenvalue weighted by atomic mass is 10.0. The van der Waals surface area contributed by atoms with Gasteiger partial charge in [0.25, 0.3) is 4.66 Å². The maximum absolute atomic E-state index is 11.8. The second kappa shape index (κ2) is 8.68. The van der Waals surface area contributed by atoms with Crippen molar-refractivity contribution in [3.05, 3.63) is 102 Å². The highest BCUT2D eigenvalue weighted by molar-refractivity contribution is 5.86. The van der Waals surface area contributed by atoms with Crippen LogP contribution < -0.4 is 4.66 Å². The molecule has 1 saturated heterocycles. The first-order chi connectivity index (χ1) is 16.7. The second-order valence-corrected chi connectivity index (χ2v) is 8.75. The Labute approximate surface area is 196 Å². The minimum Gasteiger partial charge on any atom is -0.297 e. The highest BCUT2D eigenvalue weighted by atomic mass is 16.3. The highest BCUT2D eigenvalue weighted by Gasteiger charge is 2.28. The van der Waals surface area contributed by atoms with Gasteiger partial charge >= 0.3 is 0 Å². The molecule has 7 heteroatoms. The molecule has 0 aliphatic carbocycles. The third-order valence-electron chi connectivity index (χ3n) is 6.49. The van der Waals surface area contributed by atoms with Crippen LogP contribution in [0.5, 0.6) is 0 Å². The van der Waals surface area contributed by atoms with Crippen molar-refractivity contribution in [2.75, 3.05) is 13.1 Å². The molecule has 1 N–H and O–H groups in total. The molecule has 0 amide bonds. The Kier molecular flexibility index (Phi) is 5.24. The zero-order valence-corrected chi connectivity index (χ0v) is 18.7. The Morgan fingerprint density at radius 2 is 1.50 bits per heavy atom. The van der Waals surface area contributed by atoms with E-state index in [4.69, 9.17) is 9.97 Å². The molecule has 3 heterocycles. The van der Waals surface area contributed by atoms with Crippen molar-refractivity contribution in [3.63, 3.8) is 0 Å². The van der Waals surface area contributed by atoms with E-state index in [1.54, 1.807) is 10.9 Å². The van der Waals surface area contributed by atoms with Gasteiger partial charge in [0, 0.05) is 30.8 Å². The number of aromatic nitrogens is 5. The van der Waals surface area contributed by atoms with Crippen LogP contribution in [0, 0.1) is 4.91 Å². The Hall–Kier alpha value is -4.10. The number of likely N-dealkylation sites (tertiary alicyclic amines) is 1. The fourth-order valence-electron chi connectivity index (χ4n) is 4.77. The van der Waals surface area contributed by atoms with Crippen LogP contribution in [0.4, 0.5) is 0 Å². The number of hydrogen-bond acceptors (Lipinski definition) is 4. The first-order valence-electron chi connectivity index (χ1n) is 11.6. The van der Waals surface area contributed by atoms with Gasteiger partial charge in [-0.15, -0.1) is 0 Å². The smallest absolute Gasteiger partial charge is 0.257 e. The largest absolute Gasteiger partial charge is 0.297 e. The average molecular weight is 450 g/mol. The van der Waals surface area contributed by atoms with Crippen molar-refractivity contribution >= 4 is 11.0 Å². The molecule has 1 atom stereocenters. The quantitative estimate of drug-likeness (QED) is 0.402. The summed E-state index contributed by atoms with van der Waals surface area (Å²) in [6.45, 7) is 2.69. The standard InChI is InChI=1S/C27H25N6O/c34-33-28-15-17-32(33)23-14-16-31(19-23)18-20-10-12-22(13-11-20)27-26(21-6-2-1-3-7-21)29-24-8-4-5-9-25(24)30-27/h1-13,15,17,23H,14,16,18-19H2,(H,28,34)/q+1. The molecule has 0 bridgehead atoms. The highest BCUT2D eigenvalue weighted by Crippen LogP contribution is 2.31. The number of aromatic amines is 1. The summed E-state index contributed by atoms with van der Waals surface area (Å²) >= 11 is 0. The van der Waals surface area contributed by atoms with E-state index < -0.39 is 0 Å². The Bertz CT molecular complexity index is 1490. The van der Waals surface area contributed by atoms with E-state index in [0.717, 1.165) is 64.3 Å². The lowest BCUT2D eigenvalue weighted by Gasteiger charge is -2.16. The fourth-order valence-corrected chi connectivity index (χ4v) is 4.77. The number of para-hydroxylation sites is 2. The number of hydrogen-bond donors (Lipinski definition) is 1. The van der Waals surface area contributed by atoms with Gasteiger partial charge < -0.3 is 0 Å². The minimum absolute atomic E-state index is 0.198. The van der Waals surface area contributed by atoms with Crippen LogP contribution >= 0.6 is 0 Å². The molecule has 5 aromatic rings. The molecule has 0 radical (unpaired) electrons. The molecule has 168 valence electrons. The third kappa shape index (κ3) is 3.91. The molecule has 34 heavy (non-hydrogen) atoms. The summed E-state index contributed by atoms with van der Waals surface area (Å²) < 4.78 is 2.53. The molecule has 1 aliphatic rings. The lowest BCUT2D eigenvalue weighted by molar-refractivity contribution is -0.655. The normalized spacial score (nSPS) is 16.3. The van der Waals surface area contributed by atoms with E-state index in [1.807, 2.05) is 48.7 Å². The Morgan fingerprint density at radius 3 is 2.15 bits per heavy atom. The van der Waals surface area contributed by atoms with Gasteiger partial charge in [0.15, 0.2) is 0 Å². The summed E-state index contributed by atoms with van der Waals surface area (Å²) in [5.41, 5.74) is 6.92. The molecule has 0 spiro atoms. The van der Waals surface area contributed by atoms with Gasteiger partial charge in [-0.3, -0.25) is 4.90 Å². The van der Waals surface area contributed by atoms with Crippen LogP contribution in [-0.4, -0.2) is 37.7 Å². The number of H-pyrrole nitrogens is 1. The minimum atomic E-state index is 0.198. The van der Waals surface area contributed by atoms with Gasteiger partial charge in [-0.2, -0.15) is 0 Å². The zero-order chi connectivity index (χ0) is 22.9. The van der Waals surface area contributed by atoms with Crippen LogP contribution in [0.3, 0.4) is 0 Å². The van der Waals surface area contributed by atoms with Crippen LogP contribution in [-0.2, 0) is 6.54 Å².